The first-order chi connectivity index (χ1) is 18.4. The first-order valence-electron chi connectivity index (χ1n) is 13.0. The van der Waals surface area contributed by atoms with Crippen molar-refractivity contribution in [1.29, 1.82) is 0 Å². The number of ether oxygens (including phenoxy) is 2. The van der Waals surface area contributed by atoms with E-state index in [0.717, 1.165) is 25.9 Å². The summed E-state index contributed by atoms with van der Waals surface area (Å²) >= 11 is 0. The molecule has 1 amide bonds. The van der Waals surface area contributed by atoms with E-state index in [2.05, 4.69) is 14.9 Å². The van der Waals surface area contributed by atoms with Crippen LogP contribution < -0.4 is 4.90 Å². The summed E-state index contributed by atoms with van der Waals surface area (Å²) in [5.74, 6) is 0.673. The van der Waals surface area contributed by atoms with Gasteiger partial charge in [0.25, 0.3) is 0 Å². The molecule has 2 N–H and O–H groups in total. The largest absolute Gasteiger partial charge is 0.391 e. The van der Waals surface area contributed by atoms with E-state index in [4.69, 9.17) is 19.4 Å². The molecule has 1 unspecified atom stereocenters. The van der Waals surface area contributed by atoms with E-state index >= 15 is 0 Å². The highest BCUT2D eigenvalue weighted by atomic mass is 19.1. The van der Waals surface area contributed by atoms with Crippen molar-refractivity contribution in [2.75, 3.05) is 44.3 Å². The molecule has 1 atom stereocenters. The number of likely N-dealkylation sites (tertiary alicyclic amines) is 1. The number of amides is 1. The number of H-pyrrole nitrogens is 1. The number of nitrogens with one attached hydrogen (secondary N) is 1. The van der Waals surface area contributed by atoms with Gasteiger partial charge in [0.1, 0.15) is 5.82 Å². The fourth-order valence-corrected chi connectivity index (χ4v) is 5.26. The average molecular weight is 523 g/mol. The van der Waals surface area contributed by atoms with E-state index in [1.807, 2.05) is 13.0 Å². The van der Waals surface area contributed by atoms with E-state index < -0.39 is 17.8 Å². The van der Waals surface area contributed by atoms with Gasteiger partial charge >= 0.3 is 0 Å². The summed E-state index contributed by atoms with van der Waals surface area (Å²) in [7, 11) is 0. The quantitative estimate of drug-likeness (QED) is 0.526. The maximum absolute atomic E-state index is 13.7. The van der Waals surface area contributed by atoms with Crippen molar-refractivity contribution in [2.24, 2.45) is 5.41 Å². The summed E-state index contributed by atoms with van der Waals surface area (Å²) in [6, 6.07) is 7.94. The van der Waals surface area contributed by atoms with Crippen LogP contribution in [0.15, 0.2) is 36.5 Å². The Bertz CT molecular complexity index is 1300. The topological polar surface area (TPSA) is 117 Å². The first-order valence-corrected chi connectivity index (χ1v) is 13.0. The number of halogens is 1. The minimum atomic E-state index is -0.854. The minimum Gasteiger partial charge on any atom is -0.391 e. The Morgan fingerprint density at radius 1 is 1.11 bits per heavy atom. The number of aromatic nitrogens is 4. The summed E-state index contributed by atoms with van der Waals surface area (Å²) < 4.78 is 25.7. The van der Waals surface area contributed by atoms with E-state index in [0.29, 0.717) is 53.9 Å². The van der Waals surface area contributed by atoms with Crippen LogP contribution in [0, 0.1) is 11.2 Å². The van der Waals surface area contributed by atoms with Gasteiger partial charge in [0.05, 0.1) is 41.8 Å². The molecule has 3 aliphatic heterocycles. The van der Waals surface area contributed by atoms with E-state index in [9.17, 15) is 14.3 Å². The van der Waals surface area contributed by atoms with E-state index in [1.54, 1.807) is 23.2 Å². The predicted octanol–water partition coefficient (Wildman–Crippen LogP) is 2.92. The molecule has 200 valence electrons. The molecule has 3 fully saturated rings. The molecule has 0 saturated carbocycles. The number of nitrogens with zero attached hydrogens (tertiary/aromatic N) is 5. The molecule has 3 aliphatic rings. The van der Waals surface area contributed by atoms with Crippen LogP contribution in [-0.2, 0) is 14.3 Å². The summed E-state index contributed by atoms with van der Waals surface area (Å²) in [6.45, 7) is 4.81. The van der Waals surface area contributed by atoms with E-state index in [-0.39, 0.29) is 24.9 Å². The monoisotopic (exact) mass is 522 g/mol. The van der Waals surface area contributed by atoms with Gasteiger partial charge in [-0.2, -0.15) is 0 Å². The van der Waals surface area contributed by atoms with Gasteiger partial charge in [0.2, 0.25) is 18.1 Å². The second kappa shape index (κ2) is 10.0. The maximum Gasteiger partial charge on any atom is 0.233 e. The molecule has 10 nitrogen and oxygen atoms in total. The lowest BCUT2D eigenvalue weighted by Gasteiger charge is -2.37. The third-order valence-corrected chi connectivity index (χ3v) is 7.42. The lowest BCUT2D eigenvalue weighted by Crippen LogP contribution is -2.49. The molecule has 0 bridgehead atoms. The molecule has 3 aromatic rings. The van der Waals surface area contributed by atoms with Crippen LogP contribution in [0.1, 0.15) is 38.3 Å². The van der Waals surface area contributed by atoms with Gasteiger partial charge in [0, 0.05) is 37.9 Å². The number of rotatable bonds is 5. The number of anilines is 1. The van der Waals surface area contributed by atoms with Crippen molar-refractivity contribution in [1.82, 2.24) is 24.8 Å². The van der Waals surface area contributed by atoms with Crippen molar-refractivity contribution in [3.8, 4) is 22.6 Å². The van der Waals surface area contributed by atoms with Crippen LogP contribution in [0.3, 0.4) is 0 Å². The molecule has 3 saturated heterocycles. The lowest BCUT2D eigenvalue weighted by atomic mass is 9.90. The van der Waals surface area contributed by atoms with Crippen molar-refractivity contribution in [3.05, 3.63) is 48.2 Å². The predicted molar refractivity (Wildman–Crippen MR) is 136 cm³/mol. The summed E-state index contributed by atoms with van der Waals surface area (Å²) in [5.41, 5.74) is 1.76. The Kier molecular flexibility index (Phi) is 6.58. The van der Waals surface area contributed by atoms with Crippen molar-refractivity contribution in [3.63, 3.8) is 0 Å². The average Bonchev–Trinajstić information content (AvgIpc) is 3.71. The number of aromatic amines is 1. The zero-order valence-corrected chi connectivity index (χ0v) is 21.3. The summed E-state index contributed by atoms with van der Waals surface area (Å²) in [5, 5.41) is 9.83. The van der Waals surface area contributed by atoms with Gasteiger partial charge in [-0.25, -0.2) is 19.3 Å². The number of carbonyl (C=O) groups is 1. The Balaban J connectivity index is 1.28. The number of aliphatic hydroxyl groups excluding tert-OH is 1. The number of benzene rings is 1. The highest BCUT2D eigenvalue weighted by Crippen LogP contribution is 2.37. The highest BCUT2D eigenvalue weighted by molar-refractivity contribution is 5.83. The molecule has 11 heteroatoms. The molecule has 38 heavy (non-hydrogen) atoms. The Morgan fingerprint density at radius 3 is 2.53 bits per heavy atom. The molecule has 6 rings (SSSR count). The standard InChI is InChI=1S/C27H31FN6O4/c1-27(25(36)34-13-9-19(35)14-34)15-37-24(38-16-27)23-31-21(17-4-6-18(28)7-5-17)22(32-23)20-8-10-29-26(30-20)33-11-2-3-12-33/h4-8,10,19,24,35H,2-3,9,11-16H2,1H3,(H,31,32). The smallest absolute Gasteiger partial charge is 0.233 e. The molecule has 5 heterocycles. The van der Waals surface area contributed by atoms with Crippen LogP contribution in [0.4, 0.5) is 10.3 Å². The number of aliphatic hydroxyl groups is 1. The van der Waals surface area contributed by atoms with Gasteiger partial charge in [-0.1, -0.05) is 0 Å². The van der Waals surface area contributed by atoms with Crippen LogP contribution >= 0.6 is 0 Å². The van der Waals surface area contributed by atoms with E-state index in [1.165, 1.54) is 12.1 Å². The third-order valence-electron chi connectivity index (χ3n) is 7.42. The number of β-amino-alcohol motifs (C(OH)–C–C–N with tert-alkyl or cyclic N) is 1. The second-order valence-electron chi connectivity index (χ2n) is 10.5. The zero-order chi connectivity index (χ0) is 26.3. The molecule has 1 aromatic carbocycles. The zero-order valence-electron chi connectivity index (χ0n) is 21.3. The molecule has 0 radical (unpaired) electrons. The summed E-state index contributed by atoms with van der Waals surface area (Å²) in [6.07, 6.45) is 3.23. The highest BCUT2D eigenvalue weighted by Gasteiger charge is 2.44. The van der Waals surface area contributed by atoms with Crippen LogP contribution in [-0.4, -0.2) is 81.3 Å². The number of imidazole rings is 1. The van der Waals surface area contributed by atoms with Crippen LogP contribution in [0.5, 0.6) is 0 Å². The Hall–Kier alpha value is -3.41. The fraction of sp³-hybridized carbons (Fsp3) is 0.481. The Labute approximate surface area is 219 Å². The molecular weight excluding hydrogens is 491 g/mol. The first kappa shape index (κ1) is 24.9. The maximum atomic E-state index is 13.7. The van der Waals surface area contributed by atoms with Crippen molar-refractivity contribution < 1.29 is 23.8 Å². The molecule has 0 aliphatic carbocycles. The number of carbonyl (C=O) groups excluding carboxylic acids is 1. The van der Waals surface area contributed by atoms with Crippen molar-refractivity contribution in [2.45, 2.75) is 38.6 Å². The number of hydrogen-bond donors (Lipinski definition) is 2. The van der Waals surface area contributed by atoms with Gasteiger partial charge in [-0.05, 0) is 56.5 Å². The Morgan fingerprint density at radius 2 is 1.84 bits per heavy atom. The SMILES string of the molecule is CC1(C(=O)N2CCC(O)C2)COC(c2nc(-c3ccc(F)cc3)c(-c3ccnc(N4CCCC4)n3)[nH]2)OC1. The van der Waals surface area contributed by atoms with Crippen molar-refractivity contribution >= 4 is 11.9 Å². The van der Waals surface area contributed by atoms with Gasteiger partial charge in [-0.3, -0.25) is 4.79 Å². The minimum absolute atomic E-state index is 0.0879. The number of hydrogen-bond acceptors (Lipinski definition) is 8. The third kappa shape index (κ3) is 4.77. The van der Waals surface area contributed by atoms with Crippen LogP contribution in [0.2, 0.25) is 0 Å². The molecule has 0 spiro atoms. The van der Waals surface area contributed by atoms with Gasteiger partial charge in [0.15, 0.2) is 5.82 Å². The second-order valence-corrected chi connectivity index (χ2v) is 10.5. The van der Waals surface area contributed by atoms with Gasteiger partial charge in [-0.15, -0.1) is 0 Å². The molecule has 2 aromatic heterocycles. The lowest BCUT2D eigenvalue weighted by molar-refractivity contribution is -0.234. The van der Waals surface area contributed by atoms with Gasteiger partial charge < -0.3 is 29.4 Å². The van der Waals surface area contributed by atoms with Crippen LogP contribution in [0.25, 0.3) is 22.6 Å². The summed E-state index contributed by atoms with van der Waals surface area (Å²) in [4.78, 5) is 34.3. The fourth-order valence-electron chi connectivity index (χ4n) is 5.26. The molecular formula is C27H31FN6O4. The normalized spacial score (nSPS) is 25.8.